The molecule has 1 amide bonds. The molecule has 4 heteroatoms. The molecule has 1 N–H and O–H groups in total. The fourth-order valence-corrected chi connectivity index (χ4v) is 2.33. The molecule has 0 bridgehead atoms. The number of aryl methyl sites for hydroxylation is 3. The summed E-state index contributed by atoms with van der Waals surface area (Å²) in [6.45, 7) is 4.14. The lowest BCUT2D eigenvalue weighted by Crippen LogP contribution is -2.13. The number of benzene rings is 1. The fraction of sp³-hybridized carbons (Fsp3) is 0.250. The average Bonchev–Trinajstić information content (AvgIpc) is 2.40. The number of aromatic nitrogens is 1. The molecule has 0 aliphatic heterocycles. The molecule has 0 fully saturated rings. The van der Waals surface area contributed by atoms with Crippen LogP contribution in [0.2, 0.25) is 0 Å². The van der Waals surface area contributed by atoms with Crippen molar-refractivity contribution in [1.82, 2.24) is 4.98 Å². The highest BCUT2D eigenvalue weighted by Crippen LogP contribution is 2.15. The van der Waals surface area contributed by atoms with Gasteiger partial charge in [-0.2, -0.15) is 0 Å². The minimum atomic E-state index is -0.0171. The van der Waals surface area contributed by atoms with Crippen LogP contribution in [-0.4, -0.2) is 10.9 Å². The van der Waals surface area contributed by atoms with Gasteiger partial charge in [0.1, 0.15) is 5.82 Å². The Morgan fingerprint density at radius 2 is 2.05 bits per heavy atom. The van der Waals surface area contributed by atoms with E-state index in [9.17, 15) is 4.79 Å². The van der Waals surface area contributed by atoms with Gasteiger partial charge in [0.05, 0.1) is 0 Å². The summed E-state index contributed by atoms with van der Waals surface area (Å²) in [7, 11) is 0. The van der Waals surface area contributed by atoms with Gasteiger partial charge < -0.3 is 5.32 Å². The number of halogens is 1. The Bertz CT molecular complexity index is 626. The van der Waals surface area contributed by atoms with Crippen molar-refractivity contribution in [3.63, 3.8) is 0 Å². The largest absolute Gasteiger partial charge is 0.311 e. The zero-order valence-corrected chi connectivity index (χ0v) is 13.2. The smallest absolute Gasteiger partial charge is 0.225 e. The predicted octanol–water partition coefficient (Wildman–Crippen LogP) is 4.03. The second-order valence-electron chi connectivity index (χ2n) is 4.84. The molecule has 104 valence electrons. The van der Waals surface area contributed by atoms with E-state index < -0.39 is 0 Å². The van der Waals surface area contributed by atoms with Gasteiger partial charge in [-0.3, -0.25) is 4.79 Å². The quantitative estimate of drug-likeness (QED) is 0.918. The van der Waals surface area contributed by atoms with E-state index in [1.807, 2.05) is 6.07 Å². The van der Waals surface area contributed by atoms with E-state index >= 15 is 0 Å². The molecule has 0 atom stereocenters. The summed E-state index contributed by atoms with van der Waals surface area (Å²) in [5, 5.41) is 2.81. The Labute approximate surface area is 127 Å². The molecule has 0 unspecified atom stereocenters. The highest BCUT2D eigenvalue weighted by atomic mass is 79.9. The van der Waals surface area contributed by atoms with Crippen LogP contribution in [-0.2, 0) is 11.2 Å². The summed E-state index contributed by atoms with van der Waals surface area (Å²) in [5.74, 6) is 0.557. The van der Waals surface area contributed by atoms with E-state index in [0.717, 1.165) is 10.9 Å². The number of carbonyl (C=O) groups is 1. The summed E-state index contributed by atoms with van der Waals surface area (Å²) in [4.78, 5) is 16.0. The van der Waals surface area contributed by atoms with Gasteiger partial charge in [0.2, 0.25) is 5.91 Å². The molecule has 0 aliphatic carbocycles. The van der Waals surface area contributed by atoms with E-state index in [-0.39, 0.29) is 5.91 Å². The molecule has 1 heterocycles. The first-order chi connectivity index (χ1) is 9.54. The standard InChI is InChI=1S/C16H17BrN2O/c1-11-3-4-12(2)13(9-11)5-6-16(20)19-15-10-14(17)7-8-18-15/h3-4,7-10H,5-6H2,1-2H3,(H,18,19,20). The first kappa shape index (κ1) is 14.7. The van der Waals surface area contributed by atoms with Crippen LogP contribution < -0.4 is 5.32 Å². The SMILES string of the molecule is Cc1ccc(C)c(CCC(=O)Nc2cc(Br)ccn2)c1. The Hall–Kier alpha value is -1.68. The minimum Gasteiger partial charge on any atom is -0.311 e. The van der Waals surface area contributed by atoms with Gasteiger partial charge in [0.15, 0.2) is 0 Å². The molecule has 0 radical (unpaired) electrons. The molecule has 1 aromatic heterocycles. The van der Waals surface area contributed by atoms with Crippen molar-refractivity contribution in [2.75, 3.05) is 5.32 Å². The number of rotatable bonds is 4. The van der Waals surface area contributed by atoms with E-state index in [1.54, 1.807) is 12.3 Å². The van der Waals surface area contributed by atoms with Crippen molar-refractivity contribution in [2.45, 2.75) is 26.7 Å². The van der Waals surface area contributed by atoms with E-state index in [0.29, 0.717) is 12.2 Å². The van der Waals surface area contributed by atoms with Gasteiger partial charge in [-0.05, 0) is 43.5 Å². The number of amides is 1. The maximum Gasteiger partial charge on any atom is 0.225 e. The van der Waals surface area contributed by atoms with Gasteiger partial charge in [-0.25, -0.2) is 4.98 Å². The van der Waals surface area contributed by atoms with Crippen LogP contribution >= 0.6 is 15.9 Å². The van der Waals surface area contributed by atoms with Crippen molar-refractivity contribution < 1.29 is 4.79 Å². The maximum absolute atomic E-state index is 11.9. The highest BCUT2D eigenvalue weighted by molar-refractivity contribution is 9.10. The molecular formula is C16H17BrN2O. The van der Waals surface area contributed by atoms with Gasteiger partial charge in [-0.1, -0.05) is 39.7 Å². The monoisotopic (exact) mass is 332 g/mol. The summed E-state index contributed by atoms with van der Waals surface area (Å²) in [5.41, 5.74) is 3.67. The number of anilines is 1. The average molecular weight is 333 g/mol. The summed E-state index contributed by atoms with van der Waals surface area (Å²) in [6.07, 6.45) is 2.86. The van der Waals surface area contributed by atoms with Crippen molar-refractivity contribution in [3.8, 4) is 0 Å². The summed E-state index contributed by atoms with van der Waals surface area (Å²) in [6, 6.07) is 9.93. The van der Waals surface area contributed by atoms with Crippen molar-refractivity contribution >= 4 is 27.7 Å². The lowest BCUT2D eigenvalue weighted by atomic mass is 10.0. The first-order valence-electron chi connectivity index (χ1n) is 6.52. The van der Waals surface area contributed by atoms with Crippen LogP contribution in [0, 0.1) is 13.8 Å². The van der Waals surface area contributed by atoms with Crippen LogP contribution in [0.25, 0.3) is 0 Å². The number of nitrogens with zero attached hydrogens (tertiary/aromatic N) is 1. The third kappa shape index (κ3) is 4.17. The van der Waals surface area contributed by atoms with Crippen LogP contribution in [0.5, 0.6) is 0 Å². The number of carbonyl (C=O) groups excluding carboxylic acids is 1. The number of nitrogens with one attached hydrogen (secondary N) is 1. The lowest BCUT2D eigenvalue weighted by Gasteiger charge is -2.08. The molecular weight excluding hydrogens is 316 g/mol. The van der Waals surface area contributed by atoms with Crippen molar-refractivity contribution in [1.29, 1.82) is 0 Å². The van der Waals surface area contributed by atoms with Gasteiger partial charge in [0, 0.05) is 17.1 Å². The molecule has 0 saturated carbocycles. The Morgan fingerprint density at radius 1 is 1.25 bits per heavy atom. The van der Waals surface area contributed by atoms with Gasteiger partial charge in [0.25, 0.3) is 0 Å². The minimum absolute atomic E-state index is 0.0171. The Morgan fingerprint density at radius 3 is 2.80 bits per heavy atom. The molecule has 0 saturated heterocycles. The fourth-order valence-electron chi connectivity index (χ4n) is 2.00. The third-order valence-corrected chi connectivity index (χ3v) is 3.61. The maximum atomic E-state index is 11.9. The topological polar surface area (TPSA) is 42.0 Å². The molecule has 0 aliphatic rings. The second-order valence-corrected chi connectivity index (χ2v) is 5.75. The second kappa shape index (κ2) is 6.66. The van der Waals surface area contributed by atoms with Crippen LogP contribution in [0.1, 0.15) is 23.1 Å². The molecule has 2 rings (SSSR count). The zero-order chi connectivity index (χ0) is 14.5. The summed E-state index contributed by atoms with van der Waals surface area (Å²) >= 11 is 3.35. The van der Waals surface area contributed by atoms with E-state index in [1.165, 1.54) is 16.7 Å². The first-order valence-corrected chi connectivity index (χ1v) is 7.31. The molecule has 1 aromatic carbocycles. The molecule has 3 nitrogen and oxygen atoms in total. The van der Waals surface area contributed by atoms with Crippen molar-refractivity contribution in [3.05, 3.63) is 57.7 Å². The highest BCUT2D eigenvalue weighted by Gasteiger charge is 2.06. The van der Waals surface area contributed by atoms with Crippen LogP contribution in [0.4, 0.5) is 5.82 Å². The number of pyridine rings is 1. The van der Waals surface area contributed by atoms with Crippen LogP contribution in [0.3, 0.4) is 0 Å². The van der Waals surface area contributed by atoms with Crippen LogP contribution in [0.15, 0.2) is 41.0 Å². The number of hydrogen-bond acceptors (Lipinski definition) is 2. The predicted molar refractivity (Wildman–Crippen MR) is 84.8 cm³/mol. The molecule has 20 heavy (non-hydrogen) atoms. The van der Waals surface area contributed by atoms with Gasteiger partial charge >= 0.3 is 0 Å². The molecule has 0 spiro atoms. The van der Waals surface area contributed by atoms with Crippen molar-refractivity contribution in [2.24, 2.45) is 0 Å². The molecule has 2 aromatic rings. The Kier molecular flexibility index (Phi) is 4.90. The van der Waals surface area contributed by atoms with E-state index in [4.69, 9.17) is 0 Å². The summed E-state index contributed by atoms with van der Waals surface area (Å²) < 4.78 is 0.900. The lowest BCUT2D eigenvalue weighted by molar-refractivity contribution is -0.116. The van der Waals surface area contributed by atoms with Gasteiger partial charge in [-0.15, -0.1) is 0 Å². The Balaban J connectivity index is 1.94. The zero-order valence-electron chi connectivity index (χ0n) is 11.6. The van der Waals surface area contributed by atoms with E-state index in [2.05, 4.69) is 58.3 Å². The third-order valence-electron chi connectivity index (χ3n) is 3.12. The normalized spacial score (nSPS) is 10.3. The number of hydrogen-bond donors (Lipinski definition) is 1.